The molecule has 0 radical (unpaired) electrons. The molecule has 1 N–H and O–H groups in total. The lowest BCUT2D eigenvalue weighted by molar-refractivity contribution is -0.138. The Kier molecular flexibility index (Phi) is 6.83. The van der Waals surface area contributed by atoms with Crippen molar-refractivity contribution in [3.63, 3.8) is 0 Å². The SMILES string of the molecule is C[C@H](O)CN1CCN(C(=O)COCCc2ccccc2)CC1. The van der Waals surface area contributed by atoms with Gasteiger partial charge in [0.2, 0.25) is 5.91 Å². The quantitative estimate of drug-likeness (QED) is 0.756. The smallest absolute Gasteiger partial charge is 0.248 e. The fraction of sp³-hybridized carbons (Fsp3) is 0.588. The Labute approximate surface area is 132 Å². The normalized spacial score (nSPS) is 17.5. The fourth-order valence-corrected chi connectivity index (χ4v) is 2.64. The summed E-state index contributed by atoms with van der Waals surface area (Å²) < 4.78 is 5.50. The molecular formula is C17H26N2O3. The van der Waals surface area contributed by atoms with E-state index in [1.807, 2.05) is 23.1 Å². The summed E-state index contributed by atoms with van der Waals surface area (Å²) in [5.74, 6) is 0.0600. The highest BCUT2D eigenvalue weighted by Gasteiger charge is 2.21. The van der Waals surface area contributed by atoms with E-state index in [9.17, 15) is 9.90 Å². The van der Waals surface area contributed by atoms with Crippen molar-refractivity contribution < 1.29 is 14.6 Å². The molecular weight excluding hydrogens is 280 g/mol. The van der Waals surface area contributed by atoms with Crippen molar-refractivity contribution in [3.05, 3.63) is 35.9 Å². The number of β-amino-alcohol motifs (C(OH)–C–C–N with tert-alkyl or cyclic N) is 1. The summed E-state index contributed by atoms with van der Waals surface area (Å²) in [6, 6.07) is 10.1. The molecule has 1 amide bonds. The molecule has 1 heterocycles. The summed E-state index contributed by atoms with van der Waals surface area (Å²) in [5, 5.41) is 9.37. The van der Waals surface area contributed by atoms with Gasteiger partial charge in [-0.2, -0.15) is 0 Å². The predicted octanol–water partition coefficient (Wildman–Crippen LogP) is 0.771. The minimum absolute atomic E-state index is 0.0600. The van der Waals surface area contributed by atoms with Gasteiger partial charge in [0.15, 0.2) is 0 Å². The van der Waals surface area contributed by atoms with Gasteiger partial charge < -0.3 is 14.7 Å². The van der Waals surface area contributed by atoms with Crippen LogP contribution in [0.3, 0.4) is 0 Å². The molecule has 1 aromatic rings. The summed E-state index contributed by atoms with van der Waals surface area (Å²) >= 11 is 0. The van der Waals surface area contributed by atoms with Gasteiger partial charge in [0.25, 0.3) is 0 Å². The van der Waals surface area contributed by atoms with Gasteiger partial charge in [-0.05, 0) is 18.9 Å². The lowest BCUT2D eigenvalue weighted by Gasteiger charge is -2.35. The van der Waals surface area contributed by atoms with Crippen LogP contribution < -0.4 is 0 Å². The molecule has 0 aliphatic carbocycles. The number of nitrogens with zero attached hydrogens (tertiary/aromatic N) is 2. The van der Waals surface area contributed by atoms with Gasteiger partial charge in [0, 0.05) is 32.7 Å². The zero-order valence-electron chi connectivity index (χ0n) is 13.3. The molecule has 0 unspecified atom stereocenters. The number of piperazine rings is 1. The second-order valence-corrected chi connectivity index (χ2v) is 5.82. The maximum Gasteiger partial charge on any atom is 0.248 e. The van der Waals surface area contributed by atoms with Crippen LogP contribution in [0.1, 0.15) is 12.5 Å². The van der Waals surface area contributed by atoms with Crippen molar-refractivity contribution in [2.75, 3.05) is 45.9 Å². The molecule has 2 rings (SSSR count). The highest BCUT2D eigenvalue weighted by atomic mass is 16.5. The van der Waals surface area contributed by atoms with Crippen LogP contribution in [-0.2, 0) is 16.0 Å². The summed E-state index contributed by atoms with van der Waals surface area (Å²) in [7, 11) is 0. The first-order valence-electron chi connectivity index (χ1n) is 7.95. The van der Waals surface area contributed by atoms with E-state index in [0.717, 1.165) is 19.5 Å². The lowest BCUT2D eigenvalue weighted by atomic mass is 10.2. The van der Waals surface area contributed by atoms with Gasteiger partial charge in [-0.25, -0.2) is 0 Å². The van der Waals surface area contributed by atoms with E-state index < -0.39 is 0 Å². The van der Waals surface area contributed by atoms with Crippen LogP contribution in [0.25, 0.3) is 0 Å². The first-order chi connectivity index (χ1) is 10.6. The Morgan fingerprint density at radius 1 is 1.23 bits per heavy atom. The standard InChI is InChI=1S/C17H26N2O3/c1-15(20)13-18-8-10-19(11-9-18)17(21)14-22-12-7-16-5-3-2-4-6-16/h2-6,15,20H,7-14H2,1H3/t15-/m0/s1. The van der Waals surface area contributed by atoms with Gasteiger partial charge in [-0.3, -0.25) is 9.69 Å². The van der Waals surface area contributed by atoms with Crippen LogP contribution in [-0.4, -0.2) is 72.9 Å². The second-order valence-electron chi connectivity index (χ2n) is 5.82. The fourth-order valence-electron chi connectivity index (χ4n) is 2.64. The molecule has 0 saturated carbocycles. The number of aliphatic hydroxyl groups is 1. The number of rotatable bonds is 7. The number of hydrogen-bond donors (Lipinski definition) is 1. The first kappa shape index (κ1) is 16.9. The molecule has 1 aliphatic rings. The number of aliphatic hydroxyl groups excluding tert-OH is 1. The highest BCUT2D eigenvalue weighted by molar-refractivity contribution is 5.77. The average molecular weight is 306 g/mol. The van der Waals surface area contributed by atoms with E-state index in [0.29, 0.717) is 26.2 Å². The number of carbonyl (C=O) groups excluding carboxylic acids is 1. The van der Waals surface area contributed by atoms with E-state index in [1.165, 1.54) is 5.56 Å². The van der Waals surface area contributed by atoms with Crippen molar-refractivity contribution in [2.24, 2.45) is 0 Å². The molecule has 5 heteroatoms. The minimum Gasteiger partial charge on any atom is -0.392 e. The van der Waals surface area contributed by atoms with Crippen LogP contribution in [0.15, 0.2) is 30.3 Å². The Morgan fingerprint density at radius 2 is 1.91 bits per heavy atom. The molecule has 5 nitrogen and oxygen atoms in total. The van der Waals surface area contributed by atoms with Crippen molar-refractivity contribution >= 4 is 5.91 Å². The number of amides is 1. The van der Waals surface area contributed by atoms with Crippen molar-refractivity contribution in [1.29, 1.82) is 0 Å². The average Bonchev–Trinajstić information content (AvgIpc) is 2.52. The molecule has 0 spiro atoms. The van der Waals surface area contributed by atoms with E-state index in [1.54, 1.807) is 6.92 Å². The van der Waals surface area contributed by atoms with Crippen LogP contribution in [0.4, 0.5) is 0 Å². The molecule has 22 heavy (non-hydrogen) atoms. The zero-order valence-corrected chi connectivity index (χ0v) is 13.3. The maximum atomic E-state index is 12.1. The Morgan fingerprint density at radius 3 is 2.55 bits per heavy atom. The molecule has 122 valence electrons. The second kappa shape index (κ2) is 8.88. The van der Waals surface area contributed by atoms with Gasteiger partial charge in [0.05, 0.1) is 12.7 Å². The molecule has 1 atom stereocenters. The van der Waals surface area contributed by atoms with Crippen LogP contribution in [0.5, 0.6) is 0 Å². The number of benzene rings is 1. The van der Waals surface area contributed by atoms with E-state index in [4.69, 9.17) is 4.74 Å². The molecule has 1 saturated heterocycles. The summed E-state index contributed by atoms with van der Waals surface area (Å²) in [6.45, 7) is 6.26. The van der Waals surface area contributed by atoms with E-state index in [2.05, 4.69) is 17.0 Å². The minimum atomic E-state index is -0.316. The van der Waals surface area contributed by atoms with E-state index >= 15 is 0 Å². The molecule has 0 aromatic heterocycles. The molecule has 0 bridgehead atoms. The third-order valence-corrected chi connectivity index (χ3v) is 3.85. The lowest BCUT2D eigenvalue weighted by Crippen LogP contribution is -2.51. The number of carbonyl (C=O) groups is 1. The Balaban J connectivity index is 1.60. The van der Waals surface area contributed by atoms with Gasteiger partial charge in [0.1, 0.15) is 6.61 Å². The summed E-state index contributed by atoms with van der Waals surface area (Å²) in [4.78, 5) is 16.1. The first-order valence-corrected chi connectivity index (χ1v) is 7.95. The monoisotopic (exact) mass is 306 g/mol. The zero-order chi connectivity index (χ0) is 15.8. The van der Waals surface area contributed by atoms with Crippen LogP contribution in [0.2, 0.25) is 0 Å². The third-order valence-electron chi connectivity index (χ3n) is 3.85. The van der Waals surface area contributed by atoms with Crippen LogP contribution >= 0.6 is 0 Å². The van der Waals surface area contributed by atoms with Crippen LogP contribution in [0, 0.1) is 0 Å². The van der Waals surface area contributed by atoms with Gasteiger partial charge in [-0.1, -0.05) is 30.3 Å². The highest BCUT2D eigenvalue weighted by Crippen LogP contribution is 2.04. The predicted molar refractivity (Wildman–Crippen MR) is 85.7 cm³/mol. The number of hydrogen-bond acceptors (Lipinski definition) is 4. The van der Waals surface area contributed by atoms with Gasteiger partial charge >= 0.3 is 0 Å². The Bertz CT molecular complexity index is 442. The maximum absolute atomic E-state index is 12.1. The largest absolute Gasteiger partial charge is 0.392 e. The third kappa shape index (κ3) is 5.75. The molecule has 1 fully saturated rings. The van der Waals surface area contributed by atoms with Crippen molar-refractivity contribution in [1.82, 2.24) is 9.80 Å². The van der Waals surface area contributed by atoms with Gasteiger partial charge in [-0.15, -0.1) is 0 Å². The van der Waals surface area contributed by atoms with Crippen molar-refractivity contribution in [2.45, 2.75) is 19.4 Å². The molecule has 1 aliphatic heterocycles. The van der Waals surface area contributed by atoms with Crippen molar-refractivity contribution in [3.8, 4) is 0 Å². The summed E-state index contributed by atoms with van der Waals surface area (Å²) in [6.07, 6.45) is 0.514. The van der Waals surface area contributed by atoms with E-state index in [-0.39, 0.29) is 18.6 Å². The number of ether oxygens (including phenoxy) is 1. The Hall–Kier alpha value is -1.43. The summed E-state index contributed by atoms with van der Waals surface area (Å²) in [5.41, 5.74) is 1.22. The topological polar surface area (TPSA) is 53.0 Å². The molecule has 1 aromatic carbocycles.